The molecule has 0 aliphatic carbocycles. The molecule has 1 rings (SSSR count). The quantitative estimate of drug-likeness (QED) is 0.775. The van der Waals surface area contributed by atoms with Gasteiger partial charge in [0.2, 0.25) is 0 Å². The van der Waals surface area contributed by atoms with Crippen LogP contribution >= 0.6 is 27.7 Å². The zero-order chi connectivity index (χ0) is 13.5. The fourth-order valence-corrected chi connectivity index (χ4v) is 2.38. The van der Waals surface area contributed by atoms with Crippen molar-refractivity contribution in [1.82, 2.24) is 5.32 Å². The van der Waals surface area contributed by atoms with E-state index in [-0.39, 0.29) is 0 Å². The molecule has 0 aliphatic rings. The van der Waals surface area contributed by atoms with Gasteiger partial charge in [0.15, 0.2) is 11.5 Å². The molecule has 5 heteroatoms. The summed E-state index contributed by atoms with van der Waals surface area (Å²) in [6.45, 7) is 5.30. The molecule has 1 aromatic rings. The maximum Gasteiger partial charge on any atom is 0.161 e. The van der Waals surface area contributed by atoms with E-state index in [2.05, 4.69) is 27.8 Å². The largest absolute Gasteiger partial charge is 0.493 e. The minimum atomic E-state index is 0.738. The number of thioether (sulfide) groups is 1. The SMILES string of the molecule is C=C(Br)CNCc1cc(OC)c(OC)cc1SC. The van der Waals surface area contributed by atoms with Crippen LogP contribution in [-0.2, 0) is 6.54 Å². The molecule has 0 atom stereocenters. The van der Waals surface area contributed by atoms with Crippen LogP contribution in [0.15, 0.2) is 28.1 Å². The highest BCUT2D eigenvalue weighted by Gasteiger charge is 2.10. The van der Waals surface area contributed by atoms with Crippen molar-refractivity contribution in [2.75, 3.05) is 27.0 Å². The van der Waals surface area contributed by atoms with E-state index in [4.69, 9.17) is 9.47 Å². The normalized spacial score (nSPS) is 10.2. The van der Waals surface area contributed by atoms with Crippen molar-refractivity contribution in [3.8, 4) is 11.5 Å². The van der Waals surface area contributed by atoms with Crippen LogP contribution in [0.5, 0.6) is 11.5 Å². The summed E-state index contributed by atoms with van der Waals surface area (Å²) in [5.74, 6) is 1.51. The summed E-state index contributed by atoms with van der Waals surface area (Å²) in [4.78, 5) is 1.18. The second kappa shape index (κ2) is 7.71. The summed E-state index contributed by atoms with van der Waals surface area (Å²) in [5, 5.41) is 3.31. The number of ether oxygens (including phenoxy) is 2. The molecule has 0 bridgehead atoms. The van der Waals surface area contributed by atoms with E-state index in [0.717, 1.165) is 29.1 Å². The van der Waals surface area contributed by atoms with Crippen molar-refractivity contribution in [2.45, 2.75) is 11.4 Å². The van der Waals surface area contributed by atoms with Crippen LogP contribution < -0.4 is 14.8 Å². The van der Waals surface area contributed by atoms with Gasteiger partial charge >= 0.3 is 0 Å². The van der Waals surface area contributed by atoms with E-state index in [1.165, 1.54) is 10.5 Å². The fraction of sp³-hybridized carbons (Fsp3) is 0.385. The molecule has 1 aromatic carbocycles. The minimum Gasteiger partial charge on any atom is -0.493 e. The molecule has 100 valence electrons. The first-order chi connectivity index (χ1) is 8.62. The third-order valence-corrected chi connectivity index (χ3v) is 3.52. The predicted octanol–water partition coefficient (Wildman–Crippen LogP) is 3.42. The third kappa shape index (κ3) is 4.23. The van der Waals surface area contributed by atoms with Crippen LogP contribution in [-0.4, -0.2) is 27.0 Å². The Morgan fingerprint density at radius 1 is 1.33 bits per heavy atom. The molecule has 0 aliphatic heterocycles. The summed E-state index contributed by atoms with van der Waals surface area (Å²) in [5.41, 5.74) is 1.19. The monoisotopic (exact) mass is 331 g/mol. The minimum absolute atomic E-state index is 0.738. The molecule has 1 N–H and O–H groups in total. The third-order valence-electron chi connectivity index (χ3n) is 2.42. The Morgan fingerprint density at radius 2 is 1.94 bits per heavy atom. The van der Waals surface area contributed by atoms with Crippen molar-refractivity contribution in [1.29, 1.82) is 0 Å². The summed E-state index contributed by atoms with van der Waals surface area (Å²) in [6.07, 6.45) is 2.05. The molecule has 0 amide bonds. The lowest BCUT2D eigenvalue weighted by molar-refractivity contribution is 0.353. The second-order valence-electron chi connectivity index (χ2n) is 3.64. The molecular formula is C13H18BrNO2S. The van der Waals surface area contributed by atoms with Gasteiger partial charge in [0.1, 0.15) is 0 Å². The first-order valence-electron chi connectivity index (χ1n) is 5.45. The van der Waals surface area contributed by atoms with Crippen molar-refractivity contribution in [2.24, 2.45) is 0 Å². The van der Waals surface area contributed by atoms with Crippen LogP contribution in [0.4, 0.5) is 0 Å². The van der Waals surface area contributed by atoms with Crippen LogP contribution in [0.3, 0.4) is 0 Å². The number of rotatable bonds is 7. The molecule has 0 unspecified atom stereocenters. The molecule has 3 nitrogen and oxygen atoms in total. The zero-order valence-corrected chi connectivity index (χ0v) is 13.3. The summed E-state index contributed by atoms with van der Waals surface area (Å²) in [7, 11) is 3.29. The standard InChI is InChI=1S/C13H18BrNO2S/c1-9(14)7-15-8-10-5-11(16-2)12(17-3)6-13(10)18-4/h5-6,15H,1,7-8H2,2-4H3. The molecule has 0 saturated carbocycles. The predicted molar refractivity (Wildman–Crippen MR) is 81.1 cm³/mol. The van der Waals surface area contributed by atoms with Gasteiger partial charge in [-0.3, -0.25) is 0 Å². The van der Waals surface area contributed by atoms with Gasteiger partial charge in [0, 0.05) is 22.5 Å². The number of benzene rings is 1. The van der Waals surface area contributed by atoms with Gasteiger partial charge in [-0.15, -0.1) is 11.8 Å². The molecule has 0 saturated heterocycles. The smallest absolute Gasteiger partial charge is 0.161 e. The average Bonchev–Trinajstić information content (AvgIpc) is 2.37. The maximum absolute atomic E-state index is 5.31. The van der Waals surface area contributed by atoms with Gasteiger partial charge < -0.3 is 14.8 Å². The summed E-state index contributed by atoms with van der Waals surface area (Å²) in [6, 6.07) is 4.01. The lowest BCUT2D eigenvalue weighted by atomic mass is 10.2. The van der Waals surface area contributed by atoms with Crippen LogP contribution in [0, 0.1) is 0 Å². The van der Waals surface area contributed by atoms with E-state index in [9.17, 15) is 0 Å². The molecule has 0 heterocycles. The number of hydrogen-bond acceptors (Lipinski definition) is 4. The second-order valence-corrected chi connectivity index (χ2v) is 5.61. The van der Waals surface area contributed by atoms with Crippen molar-refractivity contribution in [3.05, 3.63) is 28.8 Å². The van der Waals surface area contributed by atoms with Crippen molar-refractivity contribution >= 4 is 27.7 Å². The Balaban J connectivity index is 2.91. The highest BCUT2D eigenvalue weighted by molar-refractivity contribution is 9.11. The summed E-state index contributed by atoms with van der Waals surface area (Å²) >= 11 is 5.02. The van der Waals surface area contributed by atoms with Crippen molar-refractivity contribution in [3.63, 3.8) is 0 Å². The highest BCUT2D eigenvalue weighted by Crippen LogP contribution is 2.34. The van der Waals surface area contributed by atoms with Crippen LogP contribution in [0.1, 0.15) is 5.56 Å². The number of halogens is 1. The lowest BCUT2D eigenvalue weighted by Crippen LogP contribution is -2.15. The molecular weight excluding hydrogens is 314 g/mol. The van der Waals surface area contributed by atoms with E-state index < -0.39 is 0 Å². The van der Waals surface area contributed by atoms with Gasteiger partial charge in [-0.2, -0.15) is 0 Å². The lowest BCUT2D eigenvalue weighted by Gasteiger charge is -2.14. The first kappa shape index (κ1) is 15.4. The Hall–Kier alpha value is -0.650. The van der Waals surface area contributed by atoms with Gasteiger partial charge in [-0.05, 0) is 24.0 Å². The van der Waals surface area contributed by atoms with Gasteiger partial charge in [0.05, 0.1) is 14.2 Å². The van der Waals surface area contributed by atoms with Gasteiger partial charge in [-0.1, -0.05) is 22.5 Å². The number of nitrogens with one attached hydrogen (secondary N) is 1. The van der Waals surface area contributed by atoms with Gasteiger partial charge in [-0.25, -0.2) is 0 Å². The molecule has 0 aromatic heterocycles. The fourth-order valence-electron chi connectivity index (χ4n) is 1.56. The molecule has 0 fully saturated rings. The van der Waals surface area contributed by atoms with E-state index in [1.54, 1.807) is 26.0 Å². The van der Waals surface area contributed by atoms with Crippen LogP contribution in [0.2, 0.25) is 0 Å². The van der Waals surface area contributed by atoms with Crippen molar-refractivity contribution < 1.29 is 9.47 Å². The van der Waals surface area contributed by atoms with E-state index in [0.29, 0.717) is 0 Å². The average molecular weight is 332 g/mol. The molecule has 18 heavy (non-hydrogen) atoms. The van der Waals surface area contributed by atoms with E-state index >= 15 is 0 Å². The Kier molecular flexibility index (Phi) is 6.60. The van der Waals surface area contributed by atoms with E-state index in [1.807, 2.05) is 18.4 Å². The topological polar surface area (TPSA) is 30.5 Å². The number of methoxy groups -OCH3 is 2. The summed E-state index contributed by atoms with van der Waals surface area (Å²) < 4.78 is 11.5. The molecule has 0 radical (unpaired) electrons. The van der Waals surface area contributed by atoms with Gasteiger partial charge in [0.25, 0.3) is 0 Å². The number of hydrogen-bond donors (Lipinski definition) is 1. The molecule has 0 spiro atoms. The zero-order valence-electron chi connectivity index (χ0n) is 10.9. The highest BCUT2D eigenvalue weighted by atomic mass is 79.9. The first-order valence-corrected chi connectivity index (χ1v) is 7.47. The Morgan fingerprint density at radius 3 is 2.44 bits per heavy atom. The Labute approximate surface area is 121 Å². The van der Waals surface area contributed by atoms with Crippen LogP contribution in [0.25, 0.3) is 0 Å². The maximum atomic E-state index is 5.31. The Bertz CT molecular complexity index is 424.